The Labute approximate surface area is 109 Å². The molecule has 2 heterocycles. The van der Waals surface area contributed by atoms with Crippen molar-refractivity contribution in [2.75, 3.05) is 6.61 Å². The topological polar surface area (TPSA) is 57.2 Å². The molecule has 0 aromatic heterocycles. The quantitative estimate of drug-likeness (QED) is 0.803. The van der Waals surface area contributed by atoms with Gasteiger partial charge in [0, 0.05) is 12.2 Å². The predicted molar refractivity (Wildman–Crippen MR) is 65.2 cm³/mol. The van der Waals surface area contributed by atoms with E-state index in [0.717, 1.165) is 0 Å². The Morgan fingerprint density at radius 2 is 2.00 bits per heavy atom. The number of thiocarbonyl (C=S) groups is 1. The van der Waals surface area contributed by atoms with E-state index in [4.69, 9.17) is 31.2 Å². The first-order valence-corrected chi connectivity index (χ1v) is 6.03. The summed E-state index contributed by atoms with van der Waals surface area (Å²) in [6, 6.07) is 9.15. The van der Waals surface area contributed by atoms with Crippen LogP contribution in [-0.4, -0.2) is 41.6 Å². The second-order valence-corrected chi connectivity index (χ2v) is 4.45. The van der Waals surface area contributed by atoms with Gasteiger partial charge < -0.3 is 24.1 Å². The molecule has 0 spiro atoms. The monoisotopic (exact) mass is 268 g/mol. The highest BCUT2D eigenvalue weighted by molar-refractivity contribution is 7.79. The molecule has 1 aromatic carbocycles. The molecular formula is C12H12O5S. The van der Waals surface area contributed by atoms with Gasteiger partial charge in [-0.05, 0) is 12.1 Å². The van der Waals surface area contributed by atoms with Crippen LogP contribution in [0.2, 0.25) is 0 Å². The molecule has 2 fully saturated rings. The van der Waals surface area contributed by atoms with Crippen molar-refractivity contribution >= 4 is 17.5 Å². The second kappa shape index (κ2) is 4.72. The van der Waals surface area contributed by atoms with Crippen LogP contribution >= 0.6 is 12.2 Å². The minimum Gasteiger partial charge on any atom is -0.462 e. The molecule has 96 valence electrons. The van der Waals surface area contributed by atoms with Crippen LogP contribution in [0.25, 0.3) is 0 Å². The Hall–Kier alpha value is -1.37. The van der Waals surface area contributed by atoms with Gasteiger partial charge in [0.25, 0.3) is 0 Å². The van der Waals surface area contributed by atoms with Gasteiger partial charge in [0.05, 0.1) is 6.61 Å². The van der Waals surface area contributed by atoms with Crippen molar-refractivity contribution in [3.63, 3.8) is 0 Å². The highest BCUT2D eigenvalue weighted by atomic mass is 32.1. The molecule has 0 unspecified atom stereocenters. The molecule has 0 aliphatic carbocycles. The highest BCUT2D eigenvalue weighted by Crippen LogP contribution is 2.28. The van der Waals surface area contributed by atoms with E-state index in [1.54, 1.807) is 12.1 Å². The molecule has 0 bridgehead atoms. The maximum atomic E-state index is 10.1. The van der Waals surface area contributed by atoms with Crippen molar-refractivity contribution in [2.45, 2.75) is 24.6 Å². The molecule has 4 atom stereocenters. The van der Waals surface area contributed by atoms with Gasteiger partial charge in [-0.25, -0.2) is 0 Å². The Kier molecular flexibility index (Phi) is 3.07. The molecule has 3 rings (SSSR count). The number of ether oxygens (including phenoxy) is 4. The van der Waals surface area contributed by atoms with Gasteiger partial charge in [0.1, 0.15) is 5.75 Å². The van der Waals surface area contributed by atoms with Crippen LogP contribution in [0.5, 0.6) is 5.75 Å². The molecular weight excluding hydrogens is 256 g/mol. The molecule has 1 N–H and O–H groups in total. The maximum absolute atomic E-state index is 10.1. The van der Waals surface area contributed by atoms with Gasteiger partial charge in [0.15, 0.2) is 18.3 Å². The summed E-state index contributed by atoms with van der Waals surface area (Å²) in [7, 11) is 0. The SMILES string of the molecule is O[C@H]1[C@H](Oc2ccccc2)OC[C@@H]2OC(=S)O[C@H]12. The number of aliphatic hydroxyl groups excluding tert-OH is 1. The zero-order valence-corrected chi connectivity index (χ0v) is 10.2. The van der Waals surface area contributed by atoms with Crippen molar-refractivity contribution in [3.05, 3.63) is 30.3 Å². The largest absolute Gasteiger partial charge is 0.462 e. The Bertz CT molecular complexity index is 437. The summed E-state index contributed by atoms with van der Waals surface area (Å²) >= 11 is 4.80. The first kappa shape index (κ1) is 11.7. The van der Waals surface area contributed by atoms with Crippen LogP contribution in [0.4, 0.5) is 0 Å². The number of hydrogen-bond donors (Lipinski definition) is 1. The molecule has 6 heteroatoms. The van der Waals surface area contributed by atoms with Crippen LogP contribution in [0, 0.1) is 0 Å². The van der Waals surface area contributed by atoms with E-state index in [1.807, 2.05) is 18.2 Å². The summed E-state index contributed by atoms with van der Waals surface area (Å²) < 4.78 is 21.4. The summed E-state index contributed by atoms with van der Waals surface area (Å²) in [5, 5.41) is 10.2. The Balaban J connectivity index is 1.69. The van der Waals surface area contributed by atoms with Crippen molar-refractivity contribution in [1.82, 2.24) is 0 Å². The summed E-state index contributed by atoms with van der Waals surface area (Å²) in [6.07, 6.45) is -2.61. The van der Waals surface area contributed by atoms with Crippen molar-refractivity contribution in [1.29, 1.82) is 0 Å². The van der Waals surface area contributed by atoms with Gasteiger partial charge in [-0.1, -0.05) is 18.2 Å². The van der Waals surface area contributed by atoms with E-state index < -0.39 is 18.5 Å². The van der Waals surface area contributed by atoms with Crippen LogP contribution in [-0.2, 0) is 14.2 Å². The molecule has 1 aromatic rings. The predicted octanol–water partition coefficient (Wildman–Crippen LogP) is 0.851. The van der Waals surface area contributed by atoms with Gasteiger partial charge in [-0.3, -0.25) is 0 Å². The van der Waals surface area contributed by atoms with Gasteiger partial charge in [-0.2, -0.15) is 0 Å². The van der Waals surface area contributed by atoms with Crippen LogP contribution in [0.15, 0.2) is 30.3 Å². The van der Waals surface area contributed by atoms with Crippen molar-refractivity contribution in [2.24, 2.45) is 0 Å². The van der Waals surface area contributed by atoms with Gasteiger partial charge in [-0.15, -0.1) is 0 Å². The van der Waals surface area contributed by atoms with Crippen molar-refractivity contribution in [3.8, 4) is 5.75 Å². The fourth-order valence-corrected chi connectivity index (χ4v) is 2.24. The summed E-state index contributed by atoms with van der Waals surface area (Å²) in [4.78, 5) is 0. The molecule has 5 nitrogen and oxygen atoms in total. The number of hydrogen-bond acceptors (Lipinski definition) is 6. The Morgan fingerprint density at radius 3 is 2.78 bits per heavy atom. The lowest BCUT2D eigenvalue weighted by molar-refractivity contribution is -0.216. The number of rotatable bonds is 2. The van der Waals surface area contributed by atoms with Gasteiger partial charge >= 0.3 is 5.24 Å². The fourth-order valence-electron chi connectivity index (χ4n) is 2.00. The van der Waals surface area contributed by atoms with E-state index in [9.17, 15) is 5.11 Å². The third-order valence-electron chi connectivity index (χ3n) is 2.88. The summed E-state index contributed by atoms with van der Waals surface area (Å²) in [5.74, 6) is 0.626. The lowest BCUT2D eigenvalue weighted by atomic mass is 10.1. The number of fused-ring (bicyclic) bond motifs is 1. The number of para-hydroxylation sites is 1. The average Bonchev–Trinajstić information content (AvgIpc) is 2.76. The molecule has 18 heavy (non-hydrogen) atoms. The first-order chi connectivity index (χ1) is 8.74. The third kappa shape index (κ3) is 2.14. The Morgan fingerprint density at radius 1 is 1.22 bits per heavy atom. The summed E-state index contributed by atoms with van der Waals surface area (Å²) in [6.45, 7) is 0.277. The summed E-state index contributed by atoms with van der Waals surface area (Å²) in [5.41, 5.74) is 0. The van der Waals surface area contributed by atoms with Crippen LogP contribution < -0.4 is 4.74 Å². The van der Waals surface area contributed by atoms with E-state index in [2.05, 4.69) is 0 Å². The van der Waals surface area contributed by atoms with Gasteiger partial charge in [0.2, 0.25) is 6.29 Å². The minimum absolute atomic E-state index is 0.0491. The van der Waals surface area contributed by atoms with Crippen molar-refractivity contribution < 1.29 is 24.1 Å². The molecule has 0 saturated carbocycles. The minimum atomic E-state index is -0.940. The van der Waals surface area contributed by atoms with E-state index in [-0.39, 0.29) is 17.9 Å². The second-order valence-electron chi connectivity index (χ2n) is 4.11. The lowest BCUT2D eigenvalue weighted by Gasteiger charge is -2.33. The number of benzene rings is 1. The fraction of sp³-hybridized carbons (Fsp3) is 0.417. The van der Waals surface area contributed by atoms with E-state index in [0.29, 0.717) is 5.75 Å². The number of aliphatic hydroxyl groups is 1. The average molecular weight is 268 g/mol. The standard InChI is InChI=1S/C12H12O5S/c13-9-10-8(16-12(18)17-10)6-14-11(9)15-7-4-2-1-3-5-7/h1-5,8-11,13H,6H2/t8-,9+,10-,11-/m0/s1. The first-order valence-electron chi connectivity index (χ1n) is 5.63. The molecule has 0 radical (unpaired) electrons. The normalized spacial score (nSPS) is 34.4. The zero-order valence-electron chi connectivity index (χ0n) is 9.39. The molecule has 2 aliphatic rings. The maximum Gasteiger partial charge on any atom is 0.353 e. The van der Waals surface area contributed by atoms with Crippen LogP contribution in [0.3, 0.4) is 0 Å². The van der Waals surface area contributed by atoms with E-state index in [1.165, 1.54) is 0 Å². The highest BCUT2D eigenvalue weighted by Gasteiger charge is 2.48. The molecule has 0 amide bonds. The lowest BCUT2D eigenvalue weighted by Crippen LogP contribution is -2.53. The van der Waals surface area contributed by atoms with E-state index >= 15 is 0 Å². The zero-order chi connectivity index (χ0) is 12.5. The molecule has 2 saturated heterocycles. The van der Waals surface area contributed by atoms with Crippen LogP contribution in [0.1, 0.15) is 0 Å². The molecule has 2 aliphatic heterocycles. The smallest absolute Gasteiger partial charge is 0.353 e. The third-order valence-corrected chi connectivity index (χ3v) is 3.07.